The second kappa shape index (κ2) is 11.3. The minimum atomic E-state index is -0.270. The monoisotopic (exact) mass is 506 g/mol. The summed E-state index contributed by atoms with van der Waals surface area (Å²) in [5, 5.41) is 0. The number of carbonyl (C=O) groups excluding carboxylic acids is 2. The Balaban J connectivity index is 1.46. The fraction of sp³-hybridized carbons (Fsp3) is 0.414. The van der Waals surface area contributed by atoms with Crippen LogP contribution in [0, 0.1) is 5.82 Å². The fourth-order valence-corrected chi connectivity index (χ4v) is 4.44. The van der Waals surface area contributed by atoms with E-state index in [0.29, 0.717) is 51.7 Å². The zero-order valence-electron chi connectivity index (χ0n) is 22.0. The number of hydrogen-bond donors (Lipinski definition) is 0. The van der Waals surface area contributed by atoms with Gasteiger partial charge >= 0.3 is 0 Å². The molecular formula is C29H35FN4O3. The minimum Gasteiger partial charge on any atom is -0.447 e. The predicted octanol–water partition coefficient (Wildman–Crippen LogP) is 4.62. The van der Waals surface area contributed by atoms with Crippen molar-refractivity contribution >= 4 is 11.8 Å². The Labute approximate surface area is 217 Å². The van der Waals surface area contributed by atoms with Crippen LogP contribution in [0.4, 0.5) is 4.39 Å². The number of nitrogens with zero attached hydrogens (tertiary/aromatic N) is 4. The lowest BCUT2D eigenvalue weighted by Gasteiger charge is -2.33. The van der Waals surface area contributed by atoms with Crippen molar-refractivity contribution in [1.82, 2.24) is 19.7 Å². The van der Waals surface area contributed by atoms with Crippen LogP contribution in [0.25, 0.3) is 0 Å². The first-order valence-electron chi connectivity index (χ1n) is 12.6. The number of benzene rings is 2. The number of aromatic nitrogens is 1. The topological polar surface area (TPSA) is 69.9 Å². The van der Waals surface area contributed by atoms with E-state index in [-0.39, 0.29) is 28.7 Å². The van der Waals surface area contributed by atoms with Gasteiger partial charge in [0.1, 0.15) is 12.1 Å². The van der Waals surface area contributed by atoms with E-state index in [0.717, 1.165) is 11.1 Å². The molecule has 0 aliphatic carbocycles. The van der Waals surface area contributed by atoms with Gasteiger partial charge in [-0.25, -0.2) is 9.37 Å². The predicted molar refractivity (Wildman–Crippen MR) is 139 cm³/mol. The van der Waals surface area contributed by atoms with Gasteiger partial charge in [0.2, 0.25) is 11.8 Å². The molecule has 0 bridgehead atoms. The Morgan fingerprint density at radius 1 is 0.892 bits per heavy atom. The largest absolute Gasteiger partial charge is 0.447 e. The number of hydrogen-bond acceptors (Lipinski definition) is 5. The summed E-state index contributed by atoms with van der Waals surface area (Å²) in [6.45, 7) is 11.7. The first-order valence-corrected chi connectivity index (χ1v) is 12.6. The SMILES string of the molecule is CC(=O)N1CCN(C(=O)c2coc(CN(Cc3ccc(F)cc3)Cc3ccc(C(C)(C)C)cc3)n2)CC1. The maximum atomic E-state index is 13.5. The molecule has 1 fully saturated rings. The molecule has 1 aromatic heterocycles. The van der Waals surface area contributed by atoms with E-state index in [1.165, 1.54) is 30.9 Å². The first kappa shape index (κ1) is 26.5. The summed E-state index contributed by atoms with van der Waals surface area (Å²) >= 11 is 0. The van der Waals surface area contributed by atoms with Crippen LogP contribution in [0.15, 0.2) is 59.2 Å². The van der Waals surface area contributed by atoms with Gasteiger partial charge in [-0.15, -0.1) is 0 Å². The van der Waals surface area contributed by atoms with E-state index in [2.05, 4.69) is 54.9 Å². The molecule has 0 unspecified atom stereocenters. The maximum Gasteiger partial charge on any atom is 0.275 e. The average Bonchev–Trinajstić information content (AvgIpc) is 3.33. The molecule has 2 amide bonds. The molecule has 1 aliphatic rings. The Bertz CT molecular complexity index is 1210. The molecule has 0 saturated carbocycles. The summed E-state index contributed by atoms with van der Waals surface area (Å²) in [7, 11) is 0. The average molecular weight is 507 g/mol. The van der Waals surface area contributed by atoms with Gasteiger partial charge in [0.15, 0.2) is 5.69 Å². The van der Waals surface area contributed by atoms with Crippen LogP contribution in [0.3, 0.4) is 0 Å². The van der Waals surface area contributed by atoms with Crippen LogP contribution in [0.1, 0.15) is 60.8 Å². The molecule has 8 heteroatoms. The second-order valence-electron chi connectivity index (χ2n) is 10.6. The number of carbonyl (C=O) groups is 2. The molecule has 0 atom stereocenters. The standard InChI is InChI=1S/C29H35FN4O3/c1-21(35)33-13-15-34(16-14-33)28(36)26-20-37-27(31-26)19-32(18-23-7-11-25(30)12-8-23)17-22-5-9-24(10-6-22)29(2,3)4/h5-12,20H,13-19H2,1-4H3. The van der Waals surface area contributed by atoms with E-state index < -0.39 is 0 Å². The summed E-state index contributed by atoms with van der Waals surface area (Å²) < 4.78 is 19.2. The number of rotatable bonds is 7. The van der Waals surface area contributed by atoms with Crippen LogP contribution >= 0.6 is 0 Å². The molecule has 3 aromatic rings. The minimum absolute atomic E-state index is 0.0186. The van der Waals surface area contributed by atoms with Crippen molar-refractivity contribution in [3.8, 4) is 0 Å². The van der Waals surface area contributed by atoms with E-state index in [1.54, 1.807) is 21.9 Å². The van der Waals surface area contributed by atoms with Crippen molar-refractivity contribution in [2.75, 3.05) is 26.2 Å². The highest BCUT2D eigenvalue weighted by Gasteiger charge is 2.25. The quantitative estimate of drug-likeness (QED) is 0.468. The summed E-state index contributed by atoms with van der Waals surface area (Å²) in [5.41, 5.74) is 3.72. The van der Waals surface area contributed by atoms with Gasteiger partial charge in [-0.1, -0.05) is 57.2 Å². The van der Waals surface area contributed by atoms with E-state index in [9.17, 15) is 14.0 Å². The van der Waals surface area contributed by atoms with Gasteiger partial charge in [-0.05, 0) is 34.2 Å². The summed E-state index contributed by atoms with van der Waals surface area (Å²) in [4.78, 5) is 34.6. The van der Waals surface area contributed by atoms with Crippen molar-refractivity contribution in [2.45, 2.75) is 52.7 Å². The third-order valence-electron chi connectivity index (χ3n) is 6.69. The normalized spacial score (nSPS) is 14.3. The number of halogens is 1. The van der Waals surface area contributed by atoms with Gasteiger partial charge in [-0.3, -0.25) is 14.5 Å². The van der Waals surface area contributed by atoms with Crippen LogP contribution in [-0.4, -0.2) is 57.7 Å². The Morgan fingerprint density at radius 3 is 1.97 bits per heavy atom. The van der Waals surface area contributed by atoms with Crippen molar-refractivity contribution < 1.29 is 18.4 Å². The molecule has 4 rings (SSSR count). The molecule has 1 saturated heterocycles. The van der Waals surface area contributed by atoms with E-state index in [4.69, 9.17) is 4.42 Å². The third-order valence-corrected chi connectivity index (χ3v) is 6.69. The van der Waals surface area contributed by atoms with E-state index >= 15 is 0 Å². The number of oxazole rings is 1. The highest BCUT2D eigenvalue weighted by molar-refractivity contribution is 5.92. The van der Waals surface area contributed by atoms with Crippen LogP contribution in [0.5, 0.6) is 0 Å². The smallest absolute Gasteiger partial charge is 0.275 e. The lowest BCUT2D eigenvalue weighted by atomic mass is 9.87. The molecule has 7 nitrogen and oxygen atoms in total. The molecule has 37 heavy (non-hydrogen) atoms. The summed E-state index contributed by atoms with van der Waals surface area (Å²) in [6.07, 6.45) is 1.41. The van der Waals surface area contributed by atoms with Gasteiger partial charge < -0.3 is 14.2 Å². The molecule has 1 aliphatic heterocycles. The Morgan fingerprint density at radius 2 is 1.43 bits per heavy atom. The molecule has 196 valence electrons. The van der Waals surface area contributed by atoms with Gasteiger partial charge in [0.05, 0.1) is 6.54 Å². The summed E-state index contributed by atoms with van der Waals surface area (Å²) in [5.74, 6) is -0.00150. The molecule has 2 heterocycles. The lowest BCUT2D eigenvalue weighted by Crippen LogP contribution is -2.50. The zero-order chi connectivity index (χ0) is 26.6. The van der Waals surface area contributed by atoms with Crippen molar-refractivity contribution in [2.24, 2.45) is 0 Å². The maximum absolute atomic E-state index is 13.5. The lowest BCUT2D eigenvalue weighted by molar-refractivity contribution is -0.130. The fourth-order valence-electron chi connectivity index (χ4n) is 4.44. The Hall–Kier alpha value is -3.52. The van der Waals surface area contributed by atoms with Crippen LogP contribution in [0.2, 0.25) is 0 Å². The zero-order valence-corrected chi connectivity index (χ0v) is 22.0. The van der Waals surface area contributed by atoms with Gasteiger partial charge in [0.25, 0.3) is 5.91 Å². The second-order valence-corrected chi connectivity index (χ2v) is 10.6. The summed E-state index contributed by atoms with van der Waals surface area (Å²) in [6, 6.07) is 15.0. The van der Waals surface area contributed by atoms with Crippen LogP contribution in [-0.2, 0) is 29.8 Å². The van der Waals surface area contributed by atoms with Crippen LogP contribution < -0.4 is 0 Å². The highest BCUT2D eigenvalue weighted by Crippen LogP contribution is 2.23. The third kappa shape index (κ3) is 7.04. The van der Waals surface area contributed by atoms with Crippen molar-refractivity contribution in [1.29, 1.82) is 0 Å². The highest BCUT2D eigenvalue weighted by atomic mass is 19.1. The van der Waals surface area contributed by atoms with Crippen molar-refractivity contribution in [3.05, 3.63) is 88.9 Å². The molecule has 0 N–H and O–H groups in total. The first-order chi connectivity index (χ1) is 17.6. The molecule has 0 radical (unpaired) electrons. The Kier molecular flexibility index (Phi) is 8.07. The molecule has 2 aromatic carbocycles. The van der Waals surface area contributed by atoms with Gasteiger partial charge in [-0.2, -0.15) is 0 Å². The van der Waals surface area contributed by atoms with E-state index in [1.807, 2.05) is 0 Å². The van der Waals surface area contributed by atoms with Gasteiger partial charge in [0, 0.05) is 46.2 Å². The number of amides is 2. The number of piperazine rings is 1. The van der Waals surface area contributed by atoms with Crippen molar-refractivity contribution in [3.63, 3.8) is 0 Å². The molecular weight excluding hydrogens is 471 g/mol. The molecule has 0 spiro atoms.